The number of rotatable bonds is 4. The van der Waals surface area contributed by atoms with Crippen LogP contribution >= 0.6 is 0 Å². The van der Waals surface area contributed by atoms with E-state index >= 15 is 0 Å². The number of nitriles is 1. The van der Waals surface area contributed by atoms with Gasteiger partial charge < -0.3 is 15.6 Å². The maximum Gasteiger partial charge on any atom is 0.417 e. The number of anilines is 1. The topological polar surface area (TPSA) is 93.6 Å². The molecule has 1 aromatic carbocycles. The number of fused-ring (bicyclic) bond motifs is 1. The molecule has 3 aromatic rings. The first-order valence-electron chi connectivity index (χ1n) is 10.4. The zero-order valence-electron chi connectivity index (χ0n) is 17.4. The lowest BCUT2D eigenvalue weighted by molar-refractivity contribution is -0.137. The van der Waals surface area contributed by atoms with Gasteiger partial charge in [-0.15, -0.1) is 0 Å². The third-order valence-corrected chi connectivity index (χ3v) is 5.79. The van der Waals surface area contributed by atoms with Gasteiger partial charge in [-0.25, -0.2) is 4.98 Å². The molecule has 4 rings (SSSR count). The number of aromatic amines is 1. The summed E-state index contributed by atoms with van der Waals surface area (Å²) in [5.74, 6) is -0.158. The van der Waals surface area contributed by atoms with Crippen LogP contribution in [0.25, 0.3) is 11.0 Å². The Morgan fingerprint density at radius 1 is 1.16 bits per heavy atom. The summed E-state index contributed by atoms with van der Waals surface area (Å²) in [6, 6.07) is 8.84. The zero-order chi connectivity index (χ0) is 22.9. The number of nitrogens with zero attached hydrogens (tertiary/aromatic N) is 2. The van der Waals surface area contributed by atoms with E-state index in [-0.39, 0.29) is 18.0 Å². The molecule has 1 aliphatic rings. The largest absolute Gasteiger partial charge is 0.417 e. The summed E-state index contributed by atoms with van der Waals surface area (Å²) in [4.78, 5) is 20.2. The number of aryl methyl sites for hydroxylation is 1. The molecule has 2 aromatic heterocycles. The normalized spacial score (nSPS) is 18.8. The molecule has 3 N–H and O–H groups in total. The molecule has 32 heavy (non-hydrogen) atoms. The number of alkyl halides is 3. The molecule has 2 heterocycles. The van der Waals surface area contributed by atoms with Crippen molar-refractivity contribution in [1.29, 1.82) is 5.26 Å². The summed E-state index contributed by atoms with van der Waals surface area (Å²) in [5.41, 5.74) is 1.18. The van der Waals surface area contributed by atoms with Crippen LogP contribution in [0.3, 0.4) is 0 Å². The smallest absolute Gasteiger partial charge is 0.382 e. The van der Waals surface area contributed by atoms with Crippen LogP contribution in [0, 0.1) is 18.3 Å². The summed E-state index contributed by atoms with van der Waals surface area (Å²) < 4.78 is 39.5. The van der Waals surface area contributed by atoms with Crippen LogP contribution in [0.2, 0.25) is 0 Å². The van der Waals surface area contributed by atoms with E-state index in [1.807, 2.05) is 13.0 Å². The van der Waals surface area contributed by atoms with Crippen molar-refractivity contribution in [2.45, 2.75) is 50.9 Å². The van der Waals surface area contributed by atoms with Crippen LogP contribution in [-0.4, -0.2) is 28.0 Å². The second kappa shape index (κ2) is 8.54. The Bertz CT molecular complexity index is 1190. The van der Waals surface area contributed by atoms with Gasteiger partial charge >= 0.3 is 6.18 Å². The number of hydrogen-bond acceptors (Lipinski definition) is 4. The van der Waals surface area contributed by atoms with Crippen molar-refractivity contribution in [2.24, 2.45) is 0 Å². The van der Waals surface area contributed by atoms with Crippen LogP contribution in [0.4, 0.5) is 18.9 Å². The van der Waals surface area contributed by atoms with Crippen molar-refractivity contribution >= 4 is 22.6 Å². The Morgan fingerprint density at radius 2 is 1.88 bits per heavy atom. The lowest BCUT2D eigenvalue weighted by Crippen LogP contribution is -2.40. The number of benzene rings is 1. The van der Waals surface area contributed by atoms with Crippen LogP contribution in [-0.2, 0) is 6.18 Å². The molecule has 1 fully saturated rings. The van der Waals surface area contributed by atoms with Crippen molar-refractivity contribution in [2.75, 3.05) is 5.32 Å². The zero-order valence-corrected chi connectivity index (χ0v) is 17.4. The highest BCUT2D eigenvalue weighted by Crippen LogP contribution is 2.34. The lowest BCUT2D eigenvalue weighted by Gasteiger charge is -2.30. The number of carbonyl (C=O) groups is 1. The Morgan fingerprint density at radius 3 is 2.56 bits per heavy atom. The van der Waals surface area contributed by atoms with Gasteiger partial charge in [0.05, 0.1) is 22.8 Å². The highest BCUT2D eigenvalue weighted by Gasteiger charge is 2.34. The van der Waals surface area contributed by atoms with E-state index in [0.29, 0.717) is 42.6 Å². The van der Waals surface area contributed by atoms with E-state index in [1.54, 1.807) is 18.3 Å². The molecule has 6 nitrogen and oxygen atoms in total. The maximum atomic E-state index is 13.2. The number of aromatic nitrogens is 2. The minimum atomic E-state index is -4.58. The fourth-order valence-corrected chi connectivity index (χ4v) is 4.20. The Balaban J connectivity index is 1.36. The van der Waals surface area contributed by atoms with Crippen molar-refractivity contribution in [3.05, 3.63) is 58.9 Å². The first-order chi connectivity index (χ1) is 15.2. The predicted molar refractivity (Wildman–Crippen MR) is 114 cm³/mol. The van der Waals surface area contributed by atoms with E-state index in [0.717, 1.165) is 17.1 Å². The van der Waals surface area contributed by atoms with Gasteiger partial charge in [-0.2, -0.15) is 18.4 Å². The van der Waals surface area contributed by atoms with E-state index in [1.165, 1.54) is 12.1 Å². The molecule has 0 unspecified atom stereocenters. The van der Waals surface area contributed by atoms with Gasteiger partial charge in [0.25, 0.3) is 5.91 Å². The Kier molecular flexibility index (Phi) is 5.78. The molecule has 0 spiro atoms. The molecule has 9 heteroatoms. The molecule has 0 aliphatic heterocycles. The minimum absolute atomic E-state index is 0.00266. The number of nitrogens with one attached hydrogen (secondary N) is 3. The van der Waals surface area contributed by atoms with Crippen LogP contribution < -0.4 is 10.6 Å². The number of carbonyl (C=O) groups excluding carboxylic acids is 1. The van der Waals surface area contributed by atoms with Crippen molar-refractivity contribution in [3.8, 4) is 6.07 Å². The van der Waals surface area contributed by atoms with Crippen molar-refractivity contribution < 1.29 is 18.0 Å². The molecule has 1 saturated carbocycles. The molecule has 166 valence electrons. The number of hydrogen-bond donors (Lipinski definition) is 3. The predicted octanol–water partition coefficient (Wildman–Crippen LogP) is 4.91. The Hall–Kier alpha value is -3.54. The van der Waals surface area contributed by atoms with Crippen molar-refractivity contribution in [3.63, 3.8) is 0 Å². The fraction of sp³-hybridized carbons (Fsp3) is 0.348. The van der Waals surface area contributed by atoms with Crippen LogP contribution in [0.5, 0.6) is 0 Å². The third kappa shape index (κ3) is 4.54. The van der Waals surface area contributed by atoms with Gasteiger partial charge in [0.2, 0.25) is 0 Å². The van der Waals surface area contributed by atoms with Crippen LogP contribution in [0.1, 0.15) is 52.9 Å². The number of halogens is 3. The number of H-pyrrole nitrogens is 1. The van der Waals surface area contributed by atoms with Crippen LogP contribution in [0.15, 0.2) is 36.5 Å². The molecule has 0 atom stereocenters. The second-order valence-corrected chi connectivity index (χ2v) is 8.11. The van der Waals surface area contributed by atoms with Gasteiger partial charge in [-0.3, -0.25) is 4.79 Å². The quantitative estimate of drug-likeness (QED) is 0.536. The molecule has 0 bridgehead atoms. The minimum Gasteiger partial charge on any atom is -0.382 e. The first-order valence-corrected chi connectivity index (χ1v) is 10.4. The van der Waals surface area contributed by atoms with E-state index in [9.17, 15) is 18.0 Å². The van der Waals surface area contributed by atoms with Gasteiger partial charge in [0.1, 0.15) is 5.65 Å². The average molecular weight is 441 g/mol. The highest BCUT2D eigenvalue weighted by molar-refractivity contribution is 6.05. The lowest BCUT2D eigenvalue weighted by atomic mass is 9.90. The van der Waals surface area contributed by atoms with E-state index < -0.39 is 17.3 Å². The fourth-order valence-electron chi connectivity index (χ4n) is 4.20. The number of pyridine rings is 1. The Labute approximate surface area is 182 Å². The summed E-state index contributed by atoms with van der Waals surface area (Å²) >= 11 is 0. The molecular formula is C23H22F3N5O. The highest BCUT2D eigenvalue weighted by atomic mass is 19.4. The summed E-state index contributed by atoms with van der Waals surface area (Å²) in [6.45, 7) is 1.91. The van der Waals surface area contributed by atoms with E-state index in [4.69, 9.17) is 5.26 Å². The van der Waals surface area contributed by atoms with Crippen molar-refractivity contribution in [1.82, 2.24) is 15.3 Å². The molecule has 0 saturated heterocycles. The number of amides is 1. The average Bonchev–Trinajstić information content (AvgIpc) is 3.14. The molecule has 1 amide bonds. The second-order valence-electron chi connectivity index (χ2n) is 8.11. The molecule has 1 aliphatic carbocycles. The maximum absolute atomic E-state index is 13.2. The summed E-state index contributed by atoms with van der Waals surface area (Å²) in [5, 5.41) is 15.9. The van der Waals surface area contributed by atoms with E-state index in [2.05, 4.69) is 20.6 Å². The summed E-state index contributed by atoms with van der Waals surface area (Å²) in [6.07, 6.45) is -0.136. The van der Waals surface area contributed by atoms with Gasteiger partial charge in [-0.1, -0.05) is 0 Å². The monoisotopic (exact) mass is 441 g/mol. The van der Waals surface area contributed by atoms with Gasteiger partial charge in [0.15, 0.2) is 0 Å². The third-order valence-electron chi connectivity index (χ3n) is 5.79. The SMILES string of the molecule is Cc1cc2c(C(=O)NC3CCC(Nc4ccc(C#N)c(C(F)(F)F)c4)CC3)ccnc2[nH]1. The van der Waals surface area contributed by atoms with Gasteiger partial charge in [-0.05, 0) is 62.9 Å². The summed E-state index contributed by atoms with van der Waals surface area (Å²) in [7, 11) is 0. The first kappa shape index (κ1) is 21.7. The standard InChI is InChI=1S/C23H22F3N5O/c1-13-10-19-18(8-9-28-21(19)29-13)22(32)31-16-6-4-15(5-7-16)30-17-3-2-14(12-27)20(11-17)23(24,25)26/h2-3,8-11,15-16,30H,4-7H2,1H3,(H,28,29)(H,31,32). The molecule has 0 radical (unpaired) electrons. The van der Waals surface area contributed by atoms with Gasteiger partial charge in [0, 0.05) is 35.0 Å². The molecular weight excluding hydrogens is 419 g/mol.